The van der Waals surface area contributed by atoms with Crippen LogP contribution in [0, 0.1) is 0 Å². The summed E-state index contributed by atoms with van der Waals surface area (Å²) in [6.45, 7) is 2.45. The molecule has 2 aliphatic heterocycles. The van der Waals surface area contributed by atoms with Gasteiger partial charge in [0.1, 0.15) is 5.75 Å². The highest BCUT2D eigenvalue weighted by atomic mass is 19.4. The van der Waals surface area contributed by atoms with Gasteiger partial charge in [-0.1, -0.05) is 12.1 Å². The van der Waals surface area contributed by atoms with Gasteiger partial charge in [-0.25, -0.2) is 0 Å². The van der Waals surface area contributed by atoms with Crippen molar-refractivity contribution >= 4 is 28.8 Å². The molecule has 0 saturated heterocycles. The highest BCUT2D eigenvalue weighted by Crippen LogP contribution is 2.40. The van der Waals surface area contributed by atoms with Crippen molar-refractivity contribution < 1.29 is 32.2 Å². The number of fused-ring (bicyclic) bond motifs is 2. The van der Waals surface area contributed by atoms with Gasteiger partial charge in [-0.05, 0) is 49.6 Å². The van der Waals surface area contributed by atoms with E-state index in [-0.39, 0.29) is 24.9 Å². The molecule has 1 N–H and O–H groups in total. The number of halogens is 3. The first-order valence-electron chi connectivity index (χ1n) is 10.2. The fourth-order valence-electron chi connectivity index (χ4n) is 3.82. The van der Waals surface area contributed by atoms with E-state index in [2.05, 4.69) is 5.32 Å². The van der Waals surface area contributed by atoms with Gasteiger partial charge in [-0.3, -0.25) is 9.59 Å². The van der Waals surface area contributed by atoms with E-state index in [1.807, 2.05) is 6.92 Å². The maximum Gasteiger partial charge on any atom is 0.416 e. The summed E-state index contributed by atoms with van der Waals surface area (Å²) in [4.78, 5) is 26.4. The molecule has 0 atom stereocenters. The second-order valence-corrected chi connectivity index (χ2v) is 7.40. The quantitative estimate of drug-likeness (QED) is 0.698. The van der Waals surface area contributed by atoms with E-state index >= 15 is 0 Å². The number of carbonyl (C=O) groups excluding carboxylic acids is 2. The van der Waals surface area contributed by atoms with Crippen LogP contribution in [0.25, 0.3) is 5.57 Å². The Morgan fingerprint density at radius 3 is 2.78 bits per heavy atom. The smallest absolute Gasteiger partial charge is 0.416 e. The molecule has 2 aliphatic rings. The second-order valence-electron chi connectivity index (χ2n) is 7.40. The first kappa shape index (κ1) is 21.7. The van der Waals surface area contributed by atoms with Crippen LogP contribution in [-0.4, -0.2) is 31.6 Å². The predicted molar refractivity (Wildman–Crippen MR) is 113 cm³/mol. The Balaban J connectivity index is 1.62. The van der Waals surface area contributed by atoms with Crippen molar-refractivity contribution in [3.05, 3.63) is 53.6 Å². The monoisotopic (exact) mass is 446 g/mol. The zero-order valence-corrected chi connectivity index (χ0v) is 17.3. The number of hydrogen-bond acceptors (Lipinski definition) is 4. The van der Waals surface area contributed by atoms with Gasteiger partial charge in [0.2, 0.25) is 5.91 Å². The number of ether oxygens (including phenoxy) is 2. The molecule has 0 spiro atoms. The number of benzene rings is 2. The number of nitrogens with one attached hydrogen (secondary N) is 1. The summed E-state index contributed by atoms with van der Waals surface area (Å²) < 4.78 is 50.2. The number of likely N-dealkylation sites (N-methyl/N-ethyl adjacent to an activating group) is 1. The maximum absolute atomic E-state index is 13.1. The van der Waals surface area contributed by atoms with Crippen molar-refractivity contribution in [2.24, 2.45) is 0 Å². The molecule has 0 fully saturated rings. The summed E-state index contributed by atoms with van der Waals surface area (Å²) in [6.07, 6.45) is -2.07. The molecule has 2 amide bonds. The van der Waals surface area contributed by atoms with E-state index < -0.39 is 17.6 Å². The summed E-state index contributed by atoms with van der Waals surface area (Å²) >= 11 is 0. The van der Waals surface area contributed by atoms with Crippen LogP contribution in [-0.2, 0) is 15.8 Å². The average Bonchev–Trinajstić information content (AvgIpc) is 2.95. The molecule has 2 heterocycles. The fraction of sp³-hybridized carbons (Fsp3) is 0.304. The lowest BCUT2D eigenvalue weighted by Crippen LogP contribution is -2.38. The van der Waals surface area contributed by atoms with E-state index in [4.69, 9.17) is 9.47 Å². The molecule has 32 heavy (non-hydrogen) atoms. The van der Waals surface area contributed by atoms with E-state index in [0.29, 0.717) is 47.6 Å². The number of rotatable bonds is 3. The van der Waals surface area contributed by atoms with Crippen molar-refractivity contribution in [2.75, 3.05) is 30.0 Å². The van der Waals surface area contributed by atoms with E-state index in [9.17, 15) is 22.8 Å². The van der Waals surface area contributed by atoms with Crippen LogP contribution in [0.2, 0.25) is 0 Å². The van der Waals surface area contributed by atoms with E-state index in [1.165, 1.54) is 12.1 Å². The Morgan fingerprint density at radius 1 is 1.22 bits per heavy atom. The number of amides is 2. The van der Waals surface area contributed by atoms with Crippen LogP contribution in [0.5, 0.6) is 11.5 Å². The number of nitrogens with zero attached hydrogens (tertiary/aromatic N) is 1. The second kappa shape index (κ2) is 8.57. The molecular weight excluding hydrogens is 425 g/mol. The SMILES string of the molecule is CCN1C(=O)COc2c(NC(=O)C=C3CCCOc4cc(C(F)(F)F)ccc43)cccc21. The van der Waals surface area contributed by atoms with Crippen molar-refractivity contribution in [3.63, 3.8) is 0 Å². The highest BCUT2D eigenvalue weighted by Gasteiger charge is 2.32. The summed E-state index contributed by atoms with van der Waals surface area (Å²) in [5.41, 5.74) is 1.22. The Bertz CT molecular complexity index is 1100. The zero-order chi connectivity index (χ0) is 22.9. The first-order chi connectivity index (χ1) is 15.3. The standard InChI is InChI=1S/C23H21F3N2O4/c1-2-28-18-7-3-6-17(22(18)32-13-21(28)30)27-20(29)11-14-5-4-10-31-19-12-15(23(24,25)26)8-9-16(14)19/h3,6-9,11-12H,2,4-5,10,13H2,1H3,(H,27,29). The summed E-state index contributed by atoms with van der Waals surface area (Å²) in [6, 6.07) is 8.39. The minimum atomic E-state index is -4.48. The maximum atomic E-state index is 13.1. The summed E-state index contributed by atoms with van der Waals surface area (Å²) in [5, 5.41) is 2.76. The highest BCUT2D eigenvalue weighted by molar-refractivity contribution is 6.07. The Hall–Kier alpha value is -3.49. The summed E-state index contributed by atoms with van der Waals surface area (Å²) in [7, 11) is 0. The van der Waals surface area contributed by atoms with Gasteiger partial charge in [0, 0.05) is 18.2 Å². The molecule has 4 rings (SSSR count). The van der Waals surface area contributed by atoms with E-state index in [0.717, 1.165) is 12.1 Å². The number of anilines is 2. The molecule has 0 saturated carbocycles. The molecule has 168 valence electrons. The third-order valence-corrected chi connectivity index (χ3v) is 5.31. The first-order valence-corrected chi connectivity index (χ1v) is 10.2. The van der Waals surface area contributed by atoms with Gasteiger partial charge in [0.15, 0.2) is 12.4 Å². The molecule has 6 nitrogen and oxygen atoms in total. The van der Waals surface area contributed by atoms with Gasteiger partial charge in [0.25, 0.3) is 5.91 Å². The molecule has 0 radical (unpaired) electrons. The van der Waals surface area contributed by atoms with Crippen molar-refractivity contribution in [1.29, 1.82) is 0 Å². The van der Waals surface area contributed by atoms with Crippen LogP contribution < -0.4 is 19.7 Å². The lowest BCUT2D eigenvalue weighted by molar-refractivity contribution is -0.137. The molecule has 2 aromatic carbocycles. The van der Waals surface area contributed by atoms with Gasteiger partial charge in [-0.2, -0.15) is 13.2 Å². The predicted octanol–water partition coefficient (Wildman–Crippen LogP) is 4.65. The van der Waals surface area contributed by atoms with Crippen LogP contribution in [0.3, 0.4) is 0 Å². The number of carbonyl (C=O) groups is 2. The fourth-order valence-corrected chi connectivity index (χ4v) is 3.82. The van der Waals surface area contributed by atoms with Gasteiger partial charge < -0.3 is 19.7 Å². The number of allylic oxidation sites excluding steroid dienone is 1. The minimum Gasteiger partial charge on any atom is -0.493 e. The number of hydrogen-bond donors (Lipinski definition) is 1. The van der Waals surface area contributed by atoms with Crippen molar-refractivity contribution in [1.82, 2.24) is 0 Å². The van der Waals surface area contributed by atoms with Crippen LogP contribution in [0.4, 0.5) is 24.5 Å². The Labute approximate surface area is 182 Å². The Morgan fingerprint density at radius 2 is 2.03 bits per heavy atom. The molecule has 0 bridgehead atoms. The third kappa shape index (κ3) is 4.28. The molecule has 9 heteroatoms. The number of para-hydroxylation sites is 1. The van der Waals surface area contributed by atoms with Crippen molar-refractivity contribution in [2.45, 2.75) is 25.9 Å². The number of alkyl halides is 3. The van der Waals surface area contributed by atoms with Crippen LogP contribution >= 0.6 is 0 Å². The van der Waals surface area contributed by atoms with Crippen molar-refractivity contribution in [3.8, 4) is 11.5 Å². The molecule has 0 unspecified atom stereocenters. The molecule has 0 aliphatic carbocycles. The Kier molecular flexibility index (Phi) is 5.82. The zero-order valence-electron chi connectivity index (χ0n) is 17.3. The molecular formula is C23H21F3N2O4. The van der Waals surface area contributed by atoms with Crippen LogP contribution in [0.1, 0.15) is 30.9 Å². The summed E-state index contributed by atoms with van der Waals surface area (Å²) in [5.74, 6) is -0.113. The third-order valence-electron chi connectivity index (χ3n) is 5.31. The van der Waals surface area contributed by atoms with Gasteiger partial charge >= 0.3 is 6.18 Å². The van der Waals surface area contributed by atoms with Gasteiger partial charge in [0.05, 0.1) is 23.5 Å². The van der Waals surface area contributed by atoms with Gasteiger partial charge in [-0.15, -0.1) is 0 Å². The average molecular weight is 446 g/mol. The topological polar surface area (TPSA) is 67.9 Å². The molecule has 0 aromatic heterocycles. The largest absolute Gasteiger partial charge is 0.493 e. The molecule has 2 aromatic rings. The lowest BCUT2D eigenvalue weighted by atomic mass is 9.99. The minimum absolute atomic E-state index is 0.105. The van der Waals surface area contributed by atoms with E-state index in [1.54, 1.807) is 23.1 Å². The normalized spacial score (nSPS) is 17.1. The van der Waals surface area contributed by atoms with Crippen LogP contribution in [0.15, 0.2) is 42.5 Å². The lowest BCUT2D eigenvalue weighted by Gasteiger charge is -2.29.